The van der Waals surface area contributed by atoms with Crippen molar-refractivity contribution in [3.63, 3.8) is 0 Å². The highest BCUT2D eigenvalue weighted by Gasteiger charge is 2.48. The highest BCUT2D eigenvalue weighted by atomic mass is 16.6. The number of imide groups is 1. The number of esters is 1. The Bertz CT molecular complexity index is 1170. The fourth-order valence-corrected chi connectivity index (χ4v) is 4.48. The molecular formula is C24H23N3O7. The van der Waals surface area contributed by atoms with E-state index in [0.29, 0.717) is 24.1 Å². The number of rotatable bonds is 6. The maximum atomic E-state index is 12.8. The maximum absolute atomic E-state index is 12.8. The Morgan fingerprint density at radius 2 is 1.76 bits per heavy atom. The number of nitro groups is 1. The molecule has 3 amide bonds. The minimum Gasteiger partial charge on any atom is -0.452 e. The van der Waals surface area contributed by atoms with Gasteiger partial charge in [0.1, 0.15) is 0 Å². The number of ether oxygens (including phenoxy) is 1. The van der Waals surface area contributed by atoms with Gasteiger partial charge in [0, 0.05) is 17.3 Å². The number of anilines is 2. The van der Waals surface area contributed by atoms with Crippen molar-refractivity contribution < 1.29 is 28.8 Å². The first kappa shape index (κ1) is 23.1. The van der Waals surface area contributed by atoms with Crippen LogP contribution in [0.4, 0.5) is 17.1 Å². The molecular weight excluding hydrogens is 442 g/mol. The van der Waals surface area contributed by atoms with Crippen molar-refractivity contribution in [2.75, 3.05) is 16.8 Å². The SMILES string of the molecule is Cc1ccc(NC(=O)COC(=O)c2cccc(N3C(=O)[C@@H]4CCCC[C@H]4C3=O)c2)cc1[N+](=O)[O-]. The molecule has 10 nitrogen and oxygen atoms in total. The molecule has 1 saturated carbocycles. The van der Waals surface area contributed by atoms with E-state index in [-0.39, 0.29) is 40.6 Å². The van der Waals surface area contributed by atoms with Crippen LogP contribution in [0.3, 0.4) is 0 Å². The molecule has 0 spiro atoms. The average Bonchev–Trinajstić information content (AvgIpc) is 3.08. The molecule has 0 bridgehead atoms. The molecule has 2 atom stereocenters. The fourth-order valence-electron chi connectivity index (χ4n) is 4.48. The van der Waals surface area contributed by atoms with Crippen molar-refractivity contribution in [1.29, 1.82) is 0 Å². The number of fused-ring (bicyclic) bond motifs is 1. The summed E-state index contributed by atoms with van der Waals surface area (Å²) < 4.78 is 5.06. The van der Waals surface area contributed by atoms with E-state index in [4.69, 9.17) is 4.74 Å². The summed E-state index contributed by atoms with van der Waals surface area (Å²) in [6, 6.07) is 10.2. The molecule has 34 heavy (non-hydrogen) atoms. The number of carbonyl (C=O) groups is 4. The number of benzene rings is 2. The number of hydrogen-bond donors (Lipinski definition) is 1. The maximum Gasteiger partial charge on any atom is 0.338 e. The van der Waals surface area contributed by atoms with Crippen LogP contribution in [0.5, 0.6) is 0 Å². The van der Waals surface area contributed by atoms with E-state index in [9.17, 15) is 29.3 Å². The lowest BCUT2D eigenvalue weighted by atomic mass is 9.81. The predicted molar refractivity (Wildman–Crippen MR) is 121 cm³/mol. The normalized spacial score (nSPS) is 19.5. The zero-order chi connectivity index (χ0) is 24.4. The minimum atomic E-state index is -0.802. The quantitative estimate of drug-likeness (QED) is 0.299. The molecule has 1 heterocycles. The van der Waals surface area contributed by atoms with Crippen LogP contribution in [0.1, 0.15) is 41.6 Å². The summed E-state index contributed by atoms with van der Waals surface area (Å²) in [4.78, 5) is 61.9. The number of nitrogens with one attached hydrogen (secondary N) is 1. The monoisotopic (exact) mass is 465 g/mol. The molecule has 0 radical (unpaired) electrons. The summed E-state index contributed by atoms with van der Waals surface area (Å²) in [5, 5.41) is 13.5. The van der Waals surface area contributed by atoms with Crippen LogP contribution in [-0.2, 0) is 19.1 Å². The standard InChI is InChI=1S/C24H23N3O7/c1-14-9-10-16(12-20(14)27(32)33)25-21(28)13-34-24(31)15-5-4-6-17(11-15)26-22(29)18-7-2-3-8-19(18)23(26)30/h4-6,9-12,18-19H,2-3,7-8,13H2,1H3,(H,25,28)/t18-,19-/m1/s1. The Kier molecular flexibility index (Phi) is 6.40. The van der Waals surface area contributed by atoms with E-state index in [1.165, 1.54) is 30.3 Å². The first-order valence-electron chi connectivity index (χ1n) is 11.0. The average molecular weight is 465 g/mol. The van der Waals surface area contributed by atoms with E-state index >= 15 is 0 Å². The molecule has 1 aliphatic carbocycles. The van der Waals surface area contributed by atoms with Gasteiger partial charge in [-0.25, -0.2) is 4.79 Å². The summed E-state index contributed by atoms with van der Waals surface area (Å²) in [5.74, 6) is -2.57. The van der Waals surface area contributed by atoms with Crippen molar-refractivity contribution in [2.24, 2.45) is 11.8 Å². The van der Waals surface area contributed by atoms with Gasteiger partial charge in [-0.2, -0.15) is 0 Å². The summed E-state index contributed by atoms with van der Waals surface area (Å²) >= 11 is 0. The van der Waals surface area contributed by atoms with E-state index in [2.05, 4.69) is 5.32 Å². The zero-order valence-corrected chi connectivity index (χ0v) is 18.5. The number of nitrogens with zero attached hydrogens (tertiary/aromatic N) is 2. The van der Waals surface area contributed by atoms with Crippen LogP contribution in [0.15, 0.2) is 42.5 Å². The third-order valence-electron chi connectivity index (χ3n) is 6.21. The molecule has 2 aliphatic rings. The highest BCUT2D eigenvalue weighted by Crippen LogP contribution is 2.40. The first-order valence-corrected chi connectivity index (χ1v) is 11.0. The van der Waals surface area contributed by atoms with Crippen LogP contribution in [0.2, 0.25) is 0 Å². The molecule has 176 valence electrons. The Hall–Kier alpha value is -4.08. The minimum absolute atomic E-state index is 0.0896. The number of amides is 3. The lowest BCUT2D eigenvalue weighted by Gasteiger charge is -2.19. The number of carbonyl (C=O) groups excluding carboxylic acids is 4. The Labute approximate surface area is 195 Å². The topological polar surface area (TPSA) is 136 Å². The summed E-state index contributed by atoms with van der Waals surface area (Å²) in [6.45, 7) is 0.966. The van der Waals surface area contributed by atoms with Crippen molar-refractivity contribution in [3.05, 3.63) is 63.7 Å². The van der Waals surface area contributed by atoms with Gasteiger partial charge in [-0.3, -0.25) is 29.4 Å². The van der Waals surface area contributed by atoms with Crippen molar-refractivity contribution in [2.45, 2.75) is 32.6 Å². The van der Waals surface area contributed by atoms with Crippen LogP contribution < -0.4 is 10.2 Å². The lowest BCUT2D eigenvalue weighted by molar-refractivity contribution is -0.385. The smallest absolute Gasteiger partial charge is 0.338 e. The lowest BCUT2D eigenvalue weighted by Crippen LogP contribution is -2.31. The van der Waals surface area contributed by atoms with E-state index in [0.717, 1.165) is 17.7 Å². The number of aryl methyl sites for hydroxylation is 1. The van der Waals surface area contributed by atoms with Gasteiger partial charge in [-0.1, -0.05) is 25.0 Å². The van der Waals surface area contributed by atoms with Gasteiger partial charge in [0.2, 0.25) is 11.8 Å². The largest absolute Gasteiger partial charge is 0.452 e. The van der Waals surface area contributed by atoms with Gasteiger partial charge in [0.15, 0.2) is 6.61 Å². The van der Waals surface area contributed by atoms with Gasteiger partial charge in [-0.05, 0) is 44.0 Å². The van der Waals surface area contributed by atoms with Gasteiger partial charge in [0.25, 0.3) is 11.6 Å². The van der Waals surface area contributed by atoms with Gasteiger partial charge >= 0.3 is 5.97 Å². The Balaban J connectivity index is 1.40. The third kappa shape index (κ3) is 4.52. The Morgan fingerprint density at radius 3 is 2.41 bits per heavy atom. The van der Waals surface area contributed by atoms with Crippen LogP contribution in [0, 0.1) is 28.9 Å². The predicted octanol–water partition coefficient (Wildman–Crippen LogP) is 3.38. The second-order valence-corrected chi connectivity index (χ2v) is 8.44. The zero-order valence-electron chi connectivity index (χ0n) is 18.5. The highest BCUT2D eigenvalue weighted by molar-refractivity contribution is 6.22. The second kappa shape index (κ2) is 9.42. The summed E-state index contributed by atoms with van der Waals surface area (Å²) in [5.41, 5.74) is 0.899. The van der Waals surface area contributed by atoms with Gasteiger partial charge in [0.05, 0.1) is 28.0 Å². The molecule has 2 fully saturated rings. The van der Waals surface area contributed by atoms with Crippen LogP contribution >= 0.6 is 0 Å². The Morgan fingerprint density at radius 1 is 1.09 bits per heavy atom. The number of nitro benzene ring substituents is 1. The van der Waals surface area contributed by atoms with Gasteiger partial charge < -0.3 is 10.1 Å². The van der Waals surface area contributed by atoms with Crippen LogP contribution in [-0.4, -0.2) is 35.2 Å². The molecule has 10 heteroatoms. The molecule has 1 saturated heterocycles. The fraction of sp³-hybridized carbons (Fsp3) is 0.333. The van der Waals surface area contributed by atoms with E-state index < -0.39 is 23.4 Å². The molecule has 2 aromatic carbocycles. The van der Waals surface area contributed by atoms with Crippen molar-refractivity contribution in [1.82, 2.24) is 0 Å². The third-order valence-corrected chi connectivity index (χ3v) is 6.21. The number of hydrogen-bond acceptors (Lipinski definition) is 7. The summed E-state index contributed by atoms with van der Waals surface area (Å²) in [7, 11) is 0. The second-order valence-electron chi connectivity index (χ2n) is 8.44. The van der Waals surface area contributed by atoms with Crippen molar-refractivity contribution in [3.8, 4) is 0 Å². The molecule has 0 unspecified atom stereocenters. The molecule has 2 aromatic rings. The molecule has 4 rings (SSSR count). The van der Waals surface area contributed by atoms with E-state index in [1.54, 1.807) is 19.1 Å². The summed E-state index contributed by atoms with van der Waals surface area (Å²) in [6.07, 6.45) is 3.20. The van der Waals surface area contributed by atoms with Crippen LogP contribution in [0.25, 0.3) is 0 Å². The molecule has 0 aromatic heterocycles. The first-order chi connectivity index (χ1) is 16.3. The van der Waals surface area contributed by atoms with Crippen molar-refractivity contribution >= 4 is 40.8 Å². The van der Waals surface area contributed by atoms with Gasteiger partial charge in [-0.15, -0.1) is 0 Å². The van der Waals surface area contributed by atoms with E-state index in [1.807, 2.05) is 0 Å². The molecule has 1 N–H and O–H groups in total. The molecule has 1 aliphatic heterocycles.